The van der Waals surface area contributed by atoms with Crippen LogP contribution in [0.3, 0.4) is 0 Å². The van der Waals surface area contributed by atoms with Gasteiger partial charge in [-0.25, -0.2) is 0 Å². The van der Waals surface area contributed by atoms with Crippen LogP contribution in [0.15, 0.2) is 24.3 Å². The predicted octanol–water partition coefficient (Wildman–Crippen LogP) is 3.80. The van der Waals surface area contributed by atoms with Crippen LogP contribution >= 0.6 is 0 Å². The van der Waals surface area contributed by atoms with Gasteiger partial charge >= 0.3 is 0 Å². The van der Waals surface area contributed by atoms with Crippen molar-refractivity contribution in [2.75, 3.05) is 0 Å². The number of fused-ring (bicyclic) bond motifs is 5. The maximum atomic E-state index is 2.55. The second-order valence-corrected chi connectivity index (χ2v) is 5.35. The third-order valence-electron chi connectivity index (χ3n) is 5.15. The fourth-order valence-corrected chi connectivity index (χ4v) is 4.30. The van der Waals surface area contributed by atoms with Crippen molar-refractivity contribution in [1.82, 2.24) is 0 Å². The quantitative estimate of drug-likeness (QED) is 0.578. The first-order valence-corrected chi connectivity index (χ1v) is 6.18. The molecule has 1 saturated carbocycles. The van der Waals surface area contributed by atoms with Crippen LogP contribution in [0, 0.1) is 29.1 Å². The molecule has 3 aliphatic carbocycles. The lowest BCUT2D eigenvalue weighted by Gasteiger charge is -2.37. The minimum atomic E-state index is 0.550. The molecule has 76 valence electrons. The molecule has 0 aromatic carbocycles. The Morgan fingerprint density at radius 1 is 1.07 bits per heavy atom. The Balaban J connectivity index is 1.99. The first-order valence-electron chi connectivity index (χ1n) is 6.18. The van der Waals surface area contributed by atoms with Crippen molar-refractivity contribution in [3.63, 3.8) is 0 Å². The molecule has 1 fully saturated rings. The lowest BCUT2D eigenvalue weighted by atomic mass is 9.67. The summed E-state index contributed by atoms with van der Waals surface area (Å²) in [6, 6.07) is 0. The average Bonchev–Trinajstić information content (AvgIpc) is 2.90. The van der Waals surface area contributed by atoms with Gasteiger partial charge in [-0.1, -0.05) is 38.2 Å². The molecule has 0 radical (unpaired) electrons. The van der Waals surface area contributed by atoms with Crippen molar-refractivity contribution < 1.29 is 0 Å². The molecule has 0 heterocycles. The van der Waals surface area contributed by atoms with Gasteiger partial charge in [-0.15, -0.1) is 0 Å². The largest absolute Gasteiger partial charge is 0.0848 e. The van der Waals surface area contributed by atoms with Crippen LogP contribution in [0.2, 0.25) is 0 Å². The summed E-state index contributed by atoms with van der Waals surface area (Å²) < 4.78 is 0. The van der Waals surface area contributed by atoms with E-state index in [1.54, 1.807) is 0 Å². The Hall–Kier alpha value is -0.520. The molecule has 0 amide bonds. The molecule has 4 atom stereocenters. The first kappa shape index (κ1) is 8.76. The Morgan fingerprint density at radius 3 is 2.50 bits per heavy atom. The van der Waals surface area contributed by atoms with Gasteiger partial charge in [0.1, 0.15) is 0 Å². The molecule has 14 heavy (non-hydrogen) atoms. The van der Waals surface area contributed by atoms with E-state index in [9.17, 15) is 0 Å². The molecule has 0 nitrogen and oxygen atoms in total. The van der Waals surface area contributed by atoms with Crippen molar-refractivity contribution in [1.29, 1.82) is 0 Å². The standard InChI is InChI=1S/C14H20/c1-3-14(4-2)8-7-12-10-5-6-11(9-10)13(12)14/h5-8,10-13H,3-4,9H2,1-2H3/t10-,11-,12+,13+/m0/s1. The van der Waals surface area contributed by atoms with Crippen LogP contribution < -0.4 is 0 Å². The van der Waals surface area contributed by atoms with Gasteiger partial charge in [-0.2, -0.15) is 0 Å². The van der Waals surface area contributed by atoms with Crippen molar-refractivity contribution in [2.24, 2.45) is 29.1 Å². The van der Waals surface area contributed by atoms with Crippen LogP contribution in [0.1, 0.15) is 33.1 Å². The molecular weight excluding hydrogens is 168 g/mol. The zero-order valence-corrected chi connectivity index (χ0v) is 9.24. The molecule has 0 unspecified atom stereocenters. The highest BCUT2D eigenvalue weighted by Gasteiger charge is 2.53. The normalized spacial score (nSPS) is 46.1. The third kappa shape index (κ3) is 0.852. The lowest BCUT2D eigenvalue weighted by molar-refractivity contribution is 0.169. The fourth-order valence-electron chi connectivity index (χ4n) is 4.30. The molecule has 0 aromatic rings. The fraction of sp³-hybridized carbons (Fsp3) is 0.714. The van der Waals surface area contributed by atoms with E-state index in [4.69, 9.17) is 0 Å². The summed E-state index contributed by atoms with van der Waals surface area (Å²) in [5.41, 5.74) is 0.550. The Morgan fingerprint density at radius 2 is 1.79 bits per heavy atom. The maximum Gasteiger partial charge on any atom is -0.00837 e. The number of hydrogen-bond acceptors (Lipinski definition) is 0. The highest BCUT2D eigenvalue weighted by Crippen LogP contribution is 2.61. The molecule has 2 bridgehead atoms. The second-order valence-electron chi connectivity index (χ2n) is 5.35. The van der Waals surface area contributed by atoms with Crippen molar-refractivity contribution in [3.05, 3.63) is 24.3 Å². The molecule has 0 heteroatoms. The van der Waals surface area contributed by atoms with Gasteiger partial charge in [0.2, 0.25) is 0 Å². The summed E-state index contributed by atoms with van der Waals surface area (Å²) in [6.45, 7) is 4.73. The van der Waals surface area contributed by atoms with Gasteiger partial charge in [-0.05, 0) is 48.3 Å². The van der Waals surface area contributed by atoms with E-state index in [1.165, 1.54) is 19.3 Å². The summed E-state index contributed by atoms with van der Waals surface area (Å²) >= 11 is 0. The topological polar surface area (TPSA) is 0 Å². The van der Waals surface area contributed by atoms with E-state index in [0.29, 0.717) is 5.41 Å². The van der Waals surface area contributed by atoms with Crippen LogP contribution in [-0.2, 0) is 0 Å². The molecule has 3 aliphatic rings. The molecule has 3 rings (SSSR count). The summed E-state index contributed by atoms with van der Waals surface area (Å²) in [6.07, 6.45) is 14.2. The lowest BCUT2D eigenvalue weighted by Crippen LogP contribution is -2.30. The van der Waals surface area contributed by atoms with E-state index >= 15 is 0 Å². The van der Waals surface area contributed by atoms with Gasteiger partial charge in [-0.3, -0.25) is 0 Å². The predicted molar refractivity (Wildman–Crippen MR) is 59.9 cm³/mol. The number of rotatable bonds is 2. The summed E-state index contributed by atoms with van der Waals surface area (Å²) in [5.74, 6) is 3.64. The minimum Gasteiger partial charge on any atom is -0.0848 e. The van der Waals surface area contributed by atoms with E-state index in [2.05, 4.69) is 38.2 Å². The second kappa shape index (κ2) is 2.74. The van der Waals surface area contributed by atoms with Crippen molar-refractivity contribution in [2.45, 2.75) is 33.1 Å². The molecule has 0 saturated heterocycles. The molecule has 0 aliphatic heterocycles. The zero-order valence-electron chi connectivity index (χ0n) is 9.24. The van der Waals surface area contributed by atoms with Gasteiger partial charge < -0.3 is 0 Å². The zero-order chi connectivity index (χ0) is 9.76. The Labute approximate surface area is 87.1 Å². The van der Waals surface area contributed by atoms with Crippen LogP contribution in [0.5, 0.6) is 0 Å². The average molecular weight is 188 g/mol. The SMILES string of the molecule is CCC1(CC)C=C[C@H]2[C@H]1[C@H]1C=C[C@H]2C1. The highest BCUT2D eigenvalue weighted by molar-refractivity contribution is 5.27. The van der Waals surface area contributed by atoms with E-state index in [1.807, 2.05) is 0 Å². The third-order valence-corrected chi connectivity index (χ3v) is 5.15. The molecule has 0 aromatic heterocycles. The Kier molecular flexibility index (Phi) is 1.72. The summed E-state index contributed by atoms with van der Waals surface area (Å²) in [4.78, 5) is 0. The van der Waals surface area contributed by atoms with Crippen LogP contribution in [0.4, 0.5) is 0 Å². The first-order chi connectivity index (χ1) is 6.80. The van der Waals surface area contributed by atoms with Crippen LogP contribution in [-0.4, -0.2) is 0 Å². The minimum absolute atomic E-state index is 0.550. The van der Waals surface area contributed by atoms with Crippen LogP contribution in [0.25, 0.3) is 0 Å². The van der Waals surface area contributed by atoms with Crippen molar-refractivity contribution >= 4 is 0 Å². The number of allylic oxidation sites excluding steroid dienone is 4. The van der Waals surface area contributed by atoms with Gasteiger partial charge in [0.15, 0.2) is 0 Å². The van der Waals surface area contributed by atoms with E-state index in [0.717, 1.165) is 23.7 Å². The Bertz CT molecular complexity index is 293. The maximum absolute atomic E-state index is 2.55. The molecular formula is C14H20. The van der Waals surface area contributed by atoms with Gasteiger partial charge in [0.05, 0.1) is 0 Å². The smallest absolute Gasteiger partial charge is 0.00837 e. The molecule has 0 N–H and O–H groups in total. The van der Waals surface area contributed by atoms with E-state index in [-0.39, 0.29) is 0 Å². The highest BCUT2D eigenvalue weighted by atomic mass is 14.6. The summed E-state index contributed by atoms with van der Waals surface area (Å²) in [5, 5.41) is 0. The number of hydrogen-bond donors (Lipinski definition) is 0. The van der Waals surface area contributed by atoms with E-state index < -0.39 is 0 Å². The molecule has 0 spiro atoms. The van der Waals surface area contributed by atoms with Gasteiger partial charge in [0.25, 0.3) is 0 Å². The monoisotopic (exact) mass is 188 g/mol. The summed E-state index contributed by atoms with van der Waals surface area (Å²) in [7, 11) is 0. The van der Waals surface area contributed by atoms with Gasteiger partial charge in [0, 0.05) is 0 Å². The van der Waals surface area contributed by atoms with Crippen molar-refractivity contribution in [3.8, 4) is 0 Å².